The van der Waals surface area contributed by atoms with E-state index >= 15 is 0 Å². The maximum atomic E-state index is 6.60. The van der Waals surface area contributed by atoms with Gasteiger partial charge >= 0.3 is 0 Å². The first-order valence-electron chi connectivity index (χ1n) is 18.2. The molecule has 0 fully saturated rings. The van der Waals surface area contributed by atoms with Crippen LogP contribution >= 0.6 is 0 Å². The predicted molar refractivity (Wildman–Crippen MR) is 221 cm³/mol. The second kappa shape index (κ2) is 12.2. The average Bonchev–Trinajstić information content (AvgIpc) is 3.83. The molecule has 0 bridgehead atoms. The molecule has 2 aromatic heterocycles. The fraction of sp³-hybridized carbons (Fsp3) is 0.0204. The second-order valence-corrected chi connectivity index (χ2v) is 13.8. The van der Waals surface area contributed by atoms with Crippen LogP contribution in [0.4, 0.5) is 0 Å². The van der Waals surface area contributed by atoms with E-state index in [2.05, 4.69) is 151 Å². The van der Waals surface area contributed by atoms with Gasteiger partial charge in [0.25, 0.3) is 0 Å². The highest BCUT2D eigenvalue weighted by Gasteiger charge is 2.25. The normalized spacial score (nSPS) is 14.5. The highest BCUT2D eigenvalue weighted by Crippen LogP contribution is 2.41. The van der Waals surface area contributed by atoms with Crippen molar-refractivity contribution in [3.05, 3.63) is 193 Å². The number of benzene rings is 8. The highest BCUT2D eigenvalue weighted by atomic mass is 16.3. The summed E-state index contributed by atoms with van der Waals surface area (Å²) >= 11 is 0. The minimum absolute atomic E-state index is 0.412. The van der Waals surface area contributed by atoms with E-state index in [0.717, 1.165) is 94.0 Å². The lowest BCUT2D eigenvalue weighted by Crippen LogP contribution is -2.33. The zero-order valence-electron chi connectivity index (χ0n) is 29.0. The maximum Gasteiger partial charge on any atom is 0.159 e. The number of furan rings is 2. The Labute approximate surface area is 310 Å². The minimum Gasteiger partial charge on any atom is -0.456 e. The Morgan fingerprint density at radius 1 is 0.444 bits per heavy atom. The molecule has 5 heteroatoms. The van der Waals surface area contributed by atoms with Crippen molar-refractivity contribution in [3.63, 3.8) is 0 Å². The summed E-state index contributed by atoms with van der Waals surface area (Å²) in [5, 5.41) is 10.4. The molecule has 1 aliphatic rings. The number of hydrogen-bond donors (Lipinski definition) is 1. The summed E-state index contributed by atoms with van der Waals surface area (Å²) in [4.78, 5) is 10.5. The van der Waals surface area contributed by atoms with Crippen molar-refractivity contribution < 1.29 is 8.83 Å². The fourth-order valence-electron chi connectivity index (χ4n) is 8.01. The van der Waals surface area contributed by atoms with Gasteiger partial charge in [0.2, 0.25) is 0 Å². The summed E-state index contributed by atoms with van der Waals surface area (Å²) in [7, 11) is 0. The highest BCUT2D eigenvalue weighted by molar-refractivity contribution is 6.17. The first-order chi connectivity index (χ1) is 26.7. The first kappa shape index (κ1) is 30.4. The zero-order chi connectivity index (χ0) is 35.6. The summed E-state index contributed by atoms with van der Waals surface area (Å²) in [5.41, 5.74) is 10.8. The molecule has 1 unspecified atom stereocenters. The molecular weight excluding hydrogens is 663 g/mol. The summed E-state index contributed by atoms with van der Waals surface area (Å²) in [6, 6.07) is 60.9. The van der Waals surface area contributed by atoms with Crippen LogP contribution in [0.25, 0.3) is 76.9 Å². The van der Waals surface area contributed by atoms with E-state index < -0.39 is 6.17 Å². The topological polar surface area (TPSA) is 63.0 Å². The Bertz CT molecular complexity index is 3150. The Kier molecular flexibility index (Phi) is 6.85. The van der Waals surface area contributed by atoms with E-state index in [0.29, 0.717) is 5.84 Å². The van der Waals surface area contributed by atoms with E-state index in [-0.39, 0.29) is 0 Å². The molecular formula is C49H31N3O2. The number of fused-ring (bicyclic) bond motifs is 7. The molecule has 0 radical (unpaired) electrons. The standard InChI is InChI=1S/C49H31N3O2/c1-2-13-31(14-3-1)37-20-9-21-39-44-36(19-10-25-43(44)54-46(37)39)33-16-8-17-34(29-33)47-50-48(35-27-26-30-12-4-5-15-32(30)28-35)52-49(51-47)40-22-11-24-42-45(40)38-18-6-7-23-41(38)53-42/h1-29,49H,(H,50,51,52). The quantitative estimate of drug-likeness (QED) is 0.195. The molecule has 0 spiro atoms. The third-order valence-electron chi connectivity index (χ3n) is 10.5. The lowest BCUT2D eigenvalue weighted by atomic mass is 9.96. The zero-order valence-corrected chi connectivity index (χ0v) is 29.0. The van der Waals surface area contributed by atoms with Crippen molar-refractivity contribution in [2.75, 3.05) is 0 Å². The smallest absolute Gasteiger partial charge is 0.159 e. The van der Waals surface area contributed by atoms with Gasteiger partial charge < -0.3 is 14.2 Å². The average molecular weight is 694 g/mol. The van der Waals surface area contributed by atoms with Crippen LogP contribution < -0.4 is 5.32 Å². The summed E-state index contributed by atoms with van der Waals surface area (Å²) in [6.45, 7) is 0. The van der Waals surface area contributed by atoms with Gasteiger partial charge in [-0.15, -0.1) is 0 Å². The number of hydrogen-bond acceptors (Lipinski definition) is 5. The van der Waals surface area contributed by atoms with Crippen LogP contribution in [0.15, 0.2) is 195 Å². The molecule has 3 heterocycles. The minimum atomic E-state index is -0.412. The molecule has 1 aliphatic heterocycles. The third-order valence-corrected chi connectivity index (χ3v) is 10.5. The molecule has 254 valence electrons. The number of amidine groups is 2. The molecule has 54 heavy (non-hydrogen) atoms. The molecule has 10 aromatic rings. The fourth-order valence-corrected chi connectivity index (χ4v) is 8.01. The van der Waals surface area contributed by atoms with E-state index in [1.807, 2.05) is 30.3 Å². The molecule has 0 saturated heterocycles. The van der Waals surface area contributed by atoms with Crippen LogP contribution in [0.1, 0.15) is 22.9 Å². The Hall–Kier alpha value is -7.24. The maximum absolute atomic E-state index is 6.60. The molecule has 1 atom stereocenters. The van der Waals surface area contributed by atoms with Gasteiger partial charge in [-0.25, -0.2) is 9.98 Å². The number of rotatable bonds is 5. The van der Waals surface area contributed by atoms with E-state index in [9.17, 15) is 0 Å². The molecule has 0 amide bonds. The predicted octanol–water partition coefficient (Wildman–Crippen LogP) is 12.5. The van der Waals surface area contributed by atoms with Crippen molar-refractivity contribution in [3.8, 4) is 22.3 Å². The molecule has 5 nitrogen and oxygen atoms in total. The molecule has 0 aliphatic carbocycles. The van der Waals surface area contributed by atoms with Crippen molar-refractivity contribution in [1.82, 2.24) is 5.32 Å². The Balaban J connectivity index is 1.07. The monoisotopic (exact) mass is 693 g/mol. The summed E-state index contributed by atoms with van der Waals surface area (Å²) < 4.78 is 12.9. The number of nitrogens with zero attached hydrogens (tertiary/aromatic N) is 2. The second-order valence-electron chi connectivity index (χ2n) is 13.8. The van der Waals surface area contributed by atoms with Crippen molar-refractivity contribution >= 4 is 66.3 Å². The van der Waals surface area contributed by atoms with E-state index in [1.54, 1.807) is 0 Å². The first-order valence-corrected chi connectivity index (χ1v) is 18.2. The van der Waals surface area contributed by atoms with Crippen LogP contribution in [0.2, 0.25) is 0 Å². The van der Waals surface area contributed by atoms with Gasteiger partial charge in [-0.2, -0.15) is 0 Å². The Morgan fingerprint density at radius 3 is 2.06 bits per heavy atom. The van der Waals surface area contributed by atoms with Gasteiger partial charge in [0.1, 0.15) is 34.3 Å². The largest absolute Gasteiger partial charge is 0.456 e. The van der Waals surface area contributed by atoms with E-state index in [1.165, 1.54) is 5.39 Å². The van der Waals surface area contributed by atoms with Gasteiger partial charge in [0, 0.05) is 43.8 Å². The van der Waals surface area contributed by atoms with Crippen molar-refractivity contribution in [1.29, 1.82) is 0 Å². The molecule has 1 N–H and O–H groups in total. The lowest BCUT2D eigenvalue weighted by molar-refractivity contribution is 0.662. The Morgan fingerprint density at radius 2 is 1.13 bits per heavy atom. The number of nitrogens with one attached hydrogen (secondary N) is 1. The van der Waals surface area contributed by atoms with Crippen LogP contribution in [0.5, 0.6) is 0 Å². The number of para-hydroxylation sites is 2. The van der Waals surface area contributed by atoms with Gasteiger partial charge in [-0.05, 0) is 57.8 Å². The summed E-state index contributed by atoms with van der Waals surface area (Å²) in [5.74, 6) is 1.42. The van der Waals surface area contributed by atoms with Crippen LogP contribution in [0, 0.1) is 0 Å². The molecule has 0 saturated carbocycles. The number of aliphatic imine (C=N–C) groups is 2. The van der Waals surface area contributed by atoms with Gasteiger partial charge in [0.15, 0.2) is 5.84 Å². The lowest BCUT2D eigenvalue weighted by Gasteiger charge is -2.24. The summed E-state index contributed by atoms with van der Waals surface area (Å²) in [6.07, 6.45) is -0.412. The van der Waals surface area contributed by atoms with Crippen LogP contribution in [-0.2, 0) is 0 Å². The van der Waals surface area contributed by atoms with Crippen LogP contribution in [-0.4, -0.2) is 11.7 Å². The molecule has 11 rings (SSSR count). The SMILES string of the molecule is c1ccc(-c2cccc3c2oc2cccc(-c4cccc(C5=NC(c6ccc7ccccc7c6)=NC(c6cccc7oc8ccccc8c67)N5)c4)c23)cc1. The van der Waals surface area contributed by atoms with Gasteiger partial charge in [0.05, 0.1) is 0 Å². The van der Waals surface area contributed by atoms with Gasteiger partial charge in [-0.1, -0.05) is 146 Å². The third kappa shape index (κ3) is 4.94. The van der Waals surface area contributed by atoms with Crippen LogP contribution in [0.3, 0.4) is 0 Å². The van der Waals surface area contributed by atoms with Crippen molar-refractivity contribution in [2.24, 2.45) is 9.98 Å². The van der Waals surface area contributed by atoms with Gasteiger partial charge in [-0.3, -0.25) is 0 Å². The van der Waals surface area contributed by atoms with E-state index in [4.69, 9.17) is 18.8 Å². The molecule has 8 aromatic carbocycles. The van der Waals surface area contributed by atoms with Crippen molar-refractivity contribution in [2.45, 2.75) is 6.17 Å².